The van der Waals surface area contributed by atoms with E-state index in [2.05, 4.69) is 18.5 Å². The van der Waals surface area contributed by atoms with Crippen molar-refractivity contribution in [2.75, 3.05) is 18.1 Å². The molecule has 0 amide bonds. The molecule has 1 unspecified atom stereocenters. The van der Waals surface area contributed by atoms with Crippen LogP contribution in [0.5, 0.6) is 0 Å². The van der Waals surface area contributed by atoms with Crippen LogP contribution in [0.1, 0.15) is 23.7 Å². The van der Waals surface area contributed by atoms with E-state index in [1.165, 1.54) is 0 Å². The molecule has 1 rings (SSSR count). The number of hydrogen-bond acceptors (Lipinski definition) is 3. The van der Waals surface area contributed by atoms with E-state index in [0.717, 1.165) is 18.7 Å². The Kier molecular flexibility index (Phi) is 5.19. The smallest absolute Gasteiger partial charge is 0.335 e. The lowest BCUT2D eigenvalue weighted by atomic mass is 10.2. The molecular weight excluding hydrogens is 222 g/mol. The average molecular weight is 239 g/mol. The number of benzene rings is 1. The van der Waals surface area contributed by atoms with E-state index >= 15 is 0 Å². The predicted molar refractivity (Wildman–Crippen MR) is 69.5 cm³/mol. The quantitative estimate of drug-likeness (QED) is 0.801. The van der Waals surface area contributed by atoms with Gasteiger partial charge in [0, 0.05) is 17.5 Å². The number of rotatable bonds is 6. The molecule has 2 N–H and O–H groups in total. The van der Waals surface area contributed by atoms with E-state index in [9.17, 15) is 4.79 Å². The lowest BCUT2D eigenvalue weighted by Crippen LogP contribution is -2.08. The number of carboxylic acids is 1. The third-order valence-electron chi connectivity index (χ3n) is 2.39. The summed E-state index contributed by atoms with van der Waals surface area (Å²) in [6.45, 7) is 3.05. The molecule has 0 fully saturated rings. The zero-order chi connectivity index (χ0) is 12.0. The third-order valence-corrected chi connectivity index (χ3v) is 3.43. The molecule has 0 saturated heterocycles. The number of carboxylic acid groups (broad SMARTS) is 1. The van der Waals surface area contributed by atoms with Gasteiger partial charge in [-0.3, -0.25) is 0 Å². The molecule has 1 aromatic rings. The van der Waals surface area contributed by atoms with Crippen LogP contribution in [0.2, 0.25) is 0 Å². The van der Waals surface area contributed by atoms with Gasteiger partial charge in [-0.05, 0) is 30.9 Å². The number of nitrogens with one attached hydrogen (secondary N) is 1. The second-order valence-corrected chi connectivity index (χ2v) is 4.92. The molecule has 3 nitrogen and oxygen atoms in total. The summed E-state index contributed by atoms with van der Waals surface area (Å²) in [7, 11) is 0. The molecule has 0 aliphatic heterocycles. The highest BCUT2D eigenvalue weighted by molar-refractivity contribution is 7.99. The average Bonchev–Trinajstić information content (AvgIpc) is 2.29. The Morgan fingerprint density at radius 2 is 2.31 bits per heavy atom. The Morgan fingerprint density at radius 3 is 2.94 bits per heavy atom. The molecule has 88 valence electrons. The molecule has 0 spiro atoms. The Balaban J connectivity index is 2.48. The molecule has 0 aliphatic carbocycles. The van der Waals surface area contributed by atoms with Crippen LogP contribution >= 0.6 is 11.8 Å². The summed E-state index contributed by atoms with van der Waals surface area (Å²) < 4.78 is 0. The molecular formula is C12H17NO2S. The molecule has 0 bridgehead atoms. The van der Waals surface area contributed by atoms with E-state index in [0.29, 0.717) is 10.8 Å². The van der Waals surface area contributed by atoms with Crippen molar-refractivity contribution in [3.63, 3.8) is 0 Å². The van der Waals surface area contributed by atoms with E-state index in [-0.39, 0.29) is 0 Å². The number of thioether (sulfide) groups is 1. The third kappa shape index (κ3) is 4.14. The second kappa shape index (κ2) is 6.43. The molecule has 0 aliphatic rings. The van der Waals surface area contributed by atoms with Crippen molar-refractivity contribution in [3.8, 4) is 0 Å². The molecule has 0 saturated carbocycles. The Labute approximate surface area is 100 Å². The summed E-state index contributed by atoms with van der Waals surface area (Å²) >= 11 is 1.83. The highest BCUT2D eigenvalue weighted by atomic mass is 32.2. The molecule has 16 heavy (non-hydrogen) atoms. The van der Waals surface area contributed by atoms with Crippen LogP contribution in [0.15, 0.2) is 24.3 Å². The maximum absolute atomic E-state index is 10.8. The summed E-state index contributed by atoms with van der Waals surface area (Å²) in [5.41, 5.74) is 1.19. The Hall–Kier alpha value is -1.16. The lowest BCUT2D eigenvalue weighted by molar-refractivity contribution is 0.0697. The van der Waals surface area contributed by atoms with Crippen molar-refractivity contribution in [3.05, 3.63) is 29.8 Å². The largest absolute Gasteiger partial charge is 0.478 e. The van der Waals surface area contributed by atoms with Crippen molar-refractivity contribution in [1.82, 2.24) is 0 Å². The number of hydrogen-bond donors (Lipinski definition) is 2. The van der Waals surface area contributed by atoms with E-state index in [4.69, 9.17) is 5.11 Å². The molecule has 0 heterocycles. The van der Waals surface area contributed by atoms with Crippen LogP contribution in [0, 0.1) is 0 Å². The fourth-order valence-corrected chi connectivity index (χ4v) is 1.65. The van der Waals surface area contributed by atoms with Gasteiger partial charge in [0.2, 0.25) is 0 Å². The van der Waals surface area contributed by atoms with Crippen molar-refractivity contribution >= 4 is 23.4 Å². The van der Waals surface area contributed by atoms with Crippen molar-refractivity contribution in [2.45, 2.75) is 18.6 Å². The summed E-state index contributed by atoms with van der Waals surface area (Å²) in [6.07, 6.45) is 3.16. The molecule has 1 atom stereocenters. The summed E-state index contributed by atoms with van der Waals surface area (Å²) in [6, 6.07) is 6.89. The van der Waals surface area contributed by atoms with Crippen LogP contribution in [-0.4, -0.2) is 29.1 Å². The maximum Gasteiger partial charge on any atom is 0.335 e. The number of carbonyl (C=O) groups is 1. The standard InChI is InChI=1S/C12H17NO2S/c1-9(16-2)6-7-13-11-5-3-4-10(8-11)12(14)15/h3-5,8-9,13H,6-7H2,1-2H3,(H,14,15). The monoisotopic (exact) mass is 239 g/mol. The van der Waals surface area contributed by atoms with Gasteiger partial charge in [0.25, 0.3) is 0 Å². The fraction of sp³-hybridized carbons (Fsp3) is 0.417. The number of aromatic carboxylic acids is 1. The Morgan fingerprint density at radius 1 is 1.56 bits per heavy atom. The SMILES string of the molecule is CSC(C)CCNc1cccc(C(=O)O)c1. The highest BCUT2D eigenvalue weighted by Gasteiger charge is 2.03. The highest BCUT2D eigenvalue weighted by Crippen LogP contribution is 2.13. The van der Waals surface area contributed by atoms with Crippen molar-refractivity contribution in [2.24, 2.45) is 0 Å². The van der Waals surface area contributed by atoms with Crippen molar-refractivity contribution < 1.29 is 9.90 Å². The minimum Gasteiger partial charge on any atom is -0.478 e. The van der Waals surface area contributed by atoms with Crippen LogP contribution < -0.4 is 5.32 Å². The van der Waals surface area contributed by atoms with Crippen LogP contribution in [-0.2, 0) is 0 Å². The van der Waals surface area contributed by atoms with E-state index in [1.807, 2.05) is 17.8 Å². The second-order valence-electron chi connectivity index (χ2n) is 3.65. The van der Waals surface area contributed by atoms with Crippen molar-refractivity contribution in [1.29, 1.82) is 0 Å². The first-order chi connectivity index (χ1) is 7.63. The molecule has 4 heteroatoms. The summed E-state index contributed by atoms with van der Waals surface area (Å²) in [4.78, 5) is 10.8. The molecule has 1 aromatic carbocycles. The van der Waals surface area contributed by atoms with Gasteiger partial charge >= 0.3 is 5.97 Å². The minimum absolute atomic E-state index is 0.322. The normalized spacial score (nSPS) is 12.1. The first-order valence-electron chi connectivity index (χ1n) is 5.23. The zero-order valence-electron chi connectivity index (χ0n) is 9.56. The molecule has 0 aromatic heterocycles. The topological polar surface area (TPSA) is 49.3 Å². The van der Waals surface area contributed by atoms with Crippen LogP contribution in [0.3, 0.4) is 0 Å². The number of anilines is 1. The van der Waals surface area contributed by atoms with Gasteiger partial charge in [0.1, 0.15) is 0 Å². The van der Waals surface area contributed by atoms with E-state index < -0.39 is 5.97 Å². The first kappa shape index (κ1) is 12.9. The predicted octanol–water partition coefficient (Wildman–Crippen LogP) is 2.94. The minimum atomic E-state index is -0.888. The summed E-state index contributed by atoms with van der Waals surface area (Å²) in [5.74, 6) is -0.888. The molecule has 0 radical (unpaired) electrons. The van der Waals surface area contributed by atoms with Crippen LogP contribution in [0.25, 0.3) is 0 Å². The van der Waals surface area contributed by atoms with Crippen LogP contribution in [0.4, 0.5) is 5.69 Å². The van der Waals surface area contributed by atoms with Gasteiger partial charge in [-0.15, -0.1) is 0 Å². The van der Waals surface area contributed by atoms with E-state index in [1.54, 1.807) is 18.2 Å². The van der Waals surface area contributed by atoms with Gasteiger partial charge in [-0.1, -0.05) is 13.0 Å². The van der Waals surface area contributed by atoms with Gasteiger partial charge in [0.15, 0.2) is 0 Å². The van der Waals surface area contributed by atoms with Gasteiger partial charge in [-0.25, -0.2) is 4.79 Å². The summed E-state index contributed by atoms with van der Waals surface area (Å²) in [5, 5.41) is 12.7. The van der Waals surface area contributed by atoms with Gasteiger partial charge in [-0.2, -0.15) is 11.8 Å². The first-order valence-corrected chi connectivity index (χ1v) is 6.52. The Bertz CT molecular complexity index is 355. The fourth-order valence-electron chi connectivity index (χ4n) is 1.30. The maximum atomic E-state index is 10.8. The lowest BCUT2D eigenvalue weighted by Gasteiger charge is -2.10. The van der Waals surface area contributed by atoms with Gasteiger partial charge < -0.3 is 10.4 Å². The zero-order valence-corrected chi connectivity index (χ0v) is 10.4. The van der Waals surface area contributed by atoms with Gasteiger partial charge in [0.05, 0.1) is 5.56 Å².